The van der Waals surface area contributed by atoms with Crippen LogP contribution in [-0.2, 0) is 6.42 Å². The third-order valence-corrected chi connectivity index (χ3v) is 1.68. The summed E-state index contributed by atoms with van der Waals surface area (Å²) in [5.41, 5.74) is 1.97. The predicted octanol–water partition coefficient (Wildman–Crippen LogP) is 1.70. The lowest BCUT2D eigenvalue weighted by Crippen LogP contribution is -1.95. The Morgan fingerprint density at radius 1 is 1.64 bits per heavy atom. The Hall–Kier alpha value is -0.890. The summed E-state index contributed by atoms with van der Waals surface area (Å²) in [5.74, 6) is 0. The molecule has 0 saturated carbocycles. The van der Waals surface area contributed by atoms with E-state index < -0.39 is 6.10 Å². The minimum absolute atomic E-state index is 0.457. The van der Waals surface area contributed by atoms with Gasteiger partial charge in [-0.05, 0) is 31.0 Å². The van der Waals surface area contributed by atoms with Crippen molar-refractivity contribution in [2.75, 3.05) is 0 Å². The van der Waals surface area contributed by atoms with Crippen LogP contribution in [0.5, 0.6) is 0 Å². The van der Waals surface area contributed by atoms with Crippen molar-refractivity contribution in [2.45, 2.75) is 26.4 Å². The molecule has 1 rings (SSSR count). The second-order valence-corrected chi connectivity index (χ2v) is 2.62. The summed E-state index contributed by atoms with van der Waals surface area (Å²) in [6.07, 6.45) is 2.27. The summed E-state index contributed by atoms with van der Waals surface area (Å²) in [6, 6.07) is 3.90. The molecular formula is C9H13NO. The Morgan fingerprint density at radius 2 is 2.36 bits per heavy atom. The minimum atomic E-state index is -0.457. The molecule has 0 bridgehead atoms. The molecule has 0 aliphatic carbocycles. The molecule has 1 atom stereocenters. The largest absolute Gasteiger partial charge is 0.387 e. The third kappa shape index (κ3) is 2.02. The smallest absolute Gasteiger partial charge is 0.0931 e. The van der Waals surface area contributed by atoms with E-state index in [1.54, 1.807) is 13.1 Å². The van der Waals surface area contributed by atoms with Crippen LogP contribution in [0.1, 0.15) is 31.2 Å². The molecule has 0 radical (unpaired) electrons. The Balaban J connectivity index is 2.91. The first-order chi connectivity index (χ1) is 5.24. The summed E-state index contributed by atoms with van der Waals surface area (Å²) < 4.78 is 0. The highest BCUT2D eigenvalue weighted by Gasteiger charge is 2.01. The monoisotopic (exact) mass is 151 g/mol. The van der Waals surface area contributed by atoms with Crippen LogP contribution in [0.4, 0.5) is 0 Å². The van der Waals surface area contributed by atoms with E-state index >= 15 is 0 Å². The fourth-order valence-corrected chi connectivity index (χ4v) is 0.943. The molecular weight excluding hydrogens is 138 g/mol. The molecule has 1 N–H and O–H groups in total. The summed E-state index contributed by atoms with van der Waals surface area (Å²) in [7, 11) is 0. The van der Waals surface area contributed by atoms with E-state index in [2.05, 4.69) is 11.9 Å². The van der Waals surface area contributed by atoms with Crippen molar-refractivity contribution >= 4 is 0 Å². The van der Waals surface area contributed by atoms with Gasteiger partial charge in [0.1, 0.15) is 0 Å². The van der Waals surface area contributed by atoms with Crippen molar-refractivity contribution in [1.82, 2.24) is 4.98 Å². The highest BCUT2D eigenvalue weighted by atomic mass is 16.3. The minimum Gasteiger partial charge on any atom is -0.387 e. The number of aliphatic hydroxyl groups excluding tert-OH is 1. The summed E-state index contributed by atoms with van der Waals surface area (Å²) >= 11 is 0. The lowest BCUT2D eigenvalue weighted by molar-refractivity contribution is 0.194. The van der Waals surface area contributed by atoms with E-state index in [4.69, 9.17) is 0 Å². The lowest BCUT2D eigenvalue weighted by atomic mass is 10.1. The Morgan fingerprint density at radius 3 is 2.91 bits per heavy atom. The van der Waals surface area contributed by atoms with Gasteiger partial charge in [-0.15, -0.1) is 0 Å². The molecule has 0 aliphatic rings. The summed E-state index contributed by atoms with van der Waals surface area (Å²) in [4.78, 5) is 4.04. The second-order valence-electron chi connectivity index (χ2n) is 2.62. The van der Waals surface area contributed by atoms with Gasteiger partial charge in [0, 0.05) is 6.20 Å². The number of hydrogen-bond acceptors (Lipinski definition) is 2. The van der Waals surface area contributed by atoms with Crippen LogP contribution in [0.15, 0.2) is 18.3 Å². The number of rotatable bonds is 2. The van der Waals surface area contributed by atoms with Crippen molar-refractivity contribution in [3.05, 3.63) is 29.6 Å². The SMILES string of the molecule is CCc1ccnc([C@@H](C)O)c1. The maximum absolute atomic E-state index is 9.18. The number of aromatic nitrogens is 1. The van der Waals surface area contributed by atoms with E-state index in [0.717, 1.165) is 12.1 Å². The van der Waals surface area contributed by atoms with Gasteiger partial charge in [-0.2, -0.15) is 0 Å². The topological polar surface area (TPSA) is 33.1 Å². The average Bonchev–Trinajstić information content (AvgIpc) is 2.05. The molecule has 0 fully saturated rings. The van der Waals surface area contributed by atoms with Gasteiger partial charge in [-0.3, -0.25) is 4.98 Å². The zero-order chi connectivity index (χ0) is 8.27. The molecule has 0 amide bonds. The van der Waals surface area contributed by atoms with E-state index in [1.807, 2.05) is 12.1 Å². The van der Waals surface area contributed by atoms with Crippen molar-refractivity contribution in [3.63, 3.8) is 0 Å². The first kappa shape index (κ1) is 8.21. The first-order valence-corrected chi connectivity index (χ1v) is 3.87. The highest BCUT2D eigenvalue weighted by Crippen LogP contribution is 2.10. The normalized spacial score (nSPS) is 13.0. The third-order valence-electron chi connectivity index (χ3n) is 1.68. The van der Waals surface area contributed by atoms with Gasteiger partial charge >= 0.3 is 0 Å². The Labute approximate surface area is 66.9 Å². The van der Waals surface area contributed by atoms with E-state index in [-0.39, 0.29) is 0 Å². The van der Waals surface area contributed by atoms with Crippen LogP contribution in [0.25, 0.3) is 0 Å². The highest BCUT2D eigenvalue weighted by molar-refractivity contribution is 5.17. The van der Waals surface area contributed by atoms with E-state index in [1.165, 1.54) is 5.56 Å². The van der Waals surface area contributed by atoms with Crippen molar-refractivity contribution in [1.29, 1.82) is 0 Å². The molecule has 0 spiro atoms. The summed E-state index contributed by atoms with van der Waals surface area (Å²) in [5, 5.41) is 9.18. The van der Waals surface area contributed by atoms with Crippen LogP contribution in [-0.4, -0.2) is 10.1 Å². The zero-order valence-electron chi connectivity index (χ0n) is 6.91. The Bertz CT molecular complexity index is 233. The maximum atomic E-state index is 9.18. The Kier molecular flexibility index (Phi) is 2.60. The fourth-order valence-electron chi connectivity index (χ4n) is 0.943. The maximum Gasteiger partial charge on any atom is 0.0931 e. The fraction of sp³-hybridized carbons (Fsp3) is 0.444. The zero-order valence-corrected chi connectivity index (χ0v) is 6.91. The van der Waals surface area contributed by atoms with Crippen LogP contribution in [0.3, 0.4) is 0 Å². The van der Waals surface area contributed by atoms with Crippen molar-refractivity contribution in [2.24, 2.45) is 0 Å². The van der Waals surface area contributed by atoms with Crippen LogP contribution < -0.4 is 0 Å². The molecule has 1 heterocycles. The molecule has 0 aromatic carbocycles. The number of hydrogen-bond donors (Lipinski definition) is 1. The second kappa shape index (κ2) is 3.49. The molecule has 2 nitrogen and oxygen atoms in total. The molecule has 60 valence electrons. The molecule has 1 aromatic heterocycles. The molecule has 2 heteroatoms. The van der Waals surface area contributed by atoms with Crippen LogP contribution in [0, 0.1) is 0 Å². The number of pyridine rings is 1. The van der Waals surface area contributed by atoms with E-state index in [0.29, 0.717) is 0 Å². The quantitative estimate of drug-likeness (QED) is 0.697. The predicted molar refractivity (Wildman–Crippen MR) is 44.2 cm³/mol. The van der Waals surface area contributed by atoms with Gasteiger partial charge < -0.3 is 5.11 Å². The van der Waals surface area contributed by atoms with Crippen molar-refractivity contribution in [3.8, 4) is 0 Å². The van der Waals surface area contributed by atoms with Gasteiger partial charge in [0.2, 0.25) is 0 Å². The van der Waals surface area contributed by atoms with Gasteiger partial charge in [0.15, 0.2) is 0 Å². The first-order valence-electron chi connectivity index (χ1n) is 3.87. The summed E-state index contributed by atoms with van der Waals surface area (Å²) in [6.45, 7) is 3.81. The standard InChI is InChI=1S/C9H13NO/c1-3-8-4-5-10-9(6-8)7(2)11/h4-7,11H,3H2,1-2H3/t7-/m1/s1. The molecule has 0 saturated heterocycles. The van der Waals surface area contributed by atoms with Crippen LogP contribution >= 0.6 is 0 Å². The van der Waals surface area contributed by atoms with Crippen molar-refractivity contribution < 1.29 is 5.11 Å². The molecule has 11 heavy (non-hydrogen) atoms. The molecule has 0 unspecified atom stereocenters. The van der Waals surface area contributed by atoms with Crippen LogP contribution in [0.2, 0.25) is 0 Å². The number of aliphatic hydroxyl groups is 1. The number of aryl methyl sites for hydroxylation is 1. The lowest BCUT2D eigenvalue weighted by Gasteiger charge is -2.03. The number of nitrogens with zero attached hydrogens (tertiary/aromatic N) is 1. The van der Waals surface area contributed by atoms with Gasteiger partial charge in [-0.25, -0.2) is 0 Å². The van der Waals surface area contributed by atoms with Gasteiger partial charge in [0.05, 0.1) is 11.8 Å². The molecule has 0 aliphatic heterocycles. The van der Waals surface area contributed by atoms with Gasteiger partial charge in [-0.1, -0.05) is 6.92 Å². The molecule has 1 aromatic rings. The average molecular weight is 151 g/mol. The van der Waals surface area contributed by atoms with Gasteiger partial charge in [0.25, 0.3) is 0 Å². The van der Waals surface area contributed by atoms with E-state index in [9.17, 15) is 5.11 Å².